The lowest BCUT2D eigenvalue weighted by Crippen LogP contribution is -2.47. The molecule has 16 heavy (non-hydrogen) atoms. The Hall–Kier alpha value is -0.120. The number of nitrogens with one attached hydrogen (secondary N) is 1. The molecule has 3 atom stereocenters. The molecule has 0 spiro atoms. The summed E-state index contributed by atoms with van der Waals surface area (Å²) in [5, 5.41) is 13.5. The molecule has 0 bridgehead atoms. The van der Waals surface area contributed by atoms with Crippen molar-refractivity contribution in [3.05, 3.63) is 0 Å². The highest BCUT2D eigenvalue weighted by Gasteiger charge is 2.29. The largest absolute Gasteiger partial charge is 0.390 e. The molecule has 0 aromatic carbocycles. The van der Waals surface area contributed by atoms with Gasteiger partial charge in [0.25, 0.3) is 0 Å². The van der Waals surface area contributed by atoms with E-state index in [9.17, 15) is 5.11 Å². The summed E-state index contributed by atoms with van der Waals surface area (Å²) < 4.78 is 0. The Morgan fingerprint density at radius 3 is 2.50 bits per heavy atom. The third-order valence-electron chi connectivity index (χ3n) is 4.28. The first kappa shape index (κ1) is 12.3. The zero-order valence-corrected chi connectivity index (χ0v) is 10.2. The van der Waals surface area contributed by atoms with E-state index in [-0.39, 0.29) is 18.2 Å². The molecule has 1 heterocycles. The molecule has 0 aromatic rings. The van der Waals surface area contributed by atoms with Crippen LogP contribution in [0.2, 0.25) is 0 Å². The first-order valence-corrected chi connectivity index (χ1v) is 6.94. The van der Waals surface area contributed by atoms with Crippen LogP contribution in [0, 0.1) is 5.92 Å². The van der Waals surface area contributed by atoms with Crippen LogP contribution in [0.4, 0.5) is 0 Å². The topological polar surface area (TPSA) is 58.3 Å². The number of nitrogens with two attached hydrogens (primary N) is 1. The summed E-state index contributed by atoms with van der Waals surface area (Å²) in [6.07, 6.45) is 9.67. The van der Waals surface area contributed by atoms with Crippen molar-refractivity contribution in [2.75, 3.05) is 6.54 Å². The maximum absolute atomic E-state index is 10.2. The van der Waals surface area contributed by atoms with Crippen LogP contribution in [-0.4, -0.2) is 29.8 Å². The Morgan fingerprint density at radius 2 is 1.88 bits per heavy atom. The average Bonchev–Trinajstić information content (AvgIpc) is 2.83. The normalized spacial score (nSPS) is 31.5. The van der Waals surface area contributed by atoms with Gasteiger partial charge in [-0.2, -0.15) is 0 Å². The number of rotatable bonds is 4. The van der Waals surface area contributed by atoms with E-state index in [2.05, 4.69) is 5.32 Å². The molecule has 3 unspecified atom stereocenters. The van der Waals surface area contributed by atoms with Crippen LogP contribution in [0.3, 0.4) is 0 Å². The monoisotopic (exact) mass is 226 g/mol. The maximum Gasteiger partial charge on any atom is 0.0843 e. The minimum absolute atomic E-state index is 0.0290. The lowest BCUT2D eigenvalue weighted by atomic mass is 9.83. The predicted molar refractivity (Wildman–Crippen MR) is 66.2 cm³/mol. The molecule has 2 rings (SSSR count). The Bertz CT molecular complexity index is 198. The van der Waals surface area contributed by atoms with E-state index in [1.807, 2.05) is 0 Å². The highest BCUT2D eigenvalue weighted by molar-refractivity contribution is 4.88. The minimum Gasteiger partial charge on any atom is -0.390 e. The second-order valence-corrected chi connectivity index (χ2v) is 5.60. The van der Waals surface area contributed by atoms with Crippen LogP contribution in [0.15, 0.2) is 0 Å². The van der Waals surface area contributed by atoms with E-state index in [1.54, 1.807) is 0 Å². The maximum atomic E-state index is 10.2. The lowest BCUT2D eigenvalue weighted by Gasteiger charge is -2.29. The summed E-state index contributed by atoms with van der Waals surface area (Å²) in [5.41, 5.74) is 6.14. The van der Waals surface area contributed by atoms with Crippen LogP contribution < -0.4 is 11.1 Å². The SMILES string of the molecule is NC(CC1CCCCC1)C(O)C1CCCN1. The molecule has 0 aromatic heterocycles. The summed E-state index contributed by atoms with van der Waals surface area (Å²) in [5.74, 6) is 0.764. The molecule has 0 amide bonds. The molecule has 0 radical (unpaired) electrons. The van der Waals surface area contributed by atoms with E-state index in [1.165, 1.54) is 38.5 Å². The quantitative estimate of drug-likeness (QED) is 0.679. The summed E-state index contributed by atoms with van der Waals surface area (Å²) in [4.78, 5) is 0. The van der Waals surface area contributed by atoms with Crippen LogP contribution in [-0.2, 0) is 0 Å². The van der Waals surface area contributed by atoms with Crippen molar-refractivity contribution < 1.29 is 5.11 Å². The van der Waals surface area contributed by atoms with Crippen molar-refractivity contribution in [1.82, 2.24) is 5.32 Å². The van der Waals surface area contributed by atoms with E-state index in [4.69, 9.17) is 5.73 Å². The fourth-order valence-corrected chi connectivity index (χ4v) is 3.25. The number of hydrogen-bond donors (Lipinski definition) is 3. The van der Waals surface area contributed by atoms with Crippen LogP contribution in [0.1, 0.15) is 51.4 Å². The molecule has 94 valence electrons. The summed E-state index contributed by atoms with van der Waals surface area (Å²) >= 11 is 0. The van der Waals surface area contributed by atoms with Gasteiger partial charge in [-0.25, -0.2) is 0 Å². The third-order valence-corrected chi connectivity index (χ3v) is 4.28. The molecule has 1 saturated heterocycles. The van der Waals surface area contributed by atoms with E-state index < -0.39 is 0 Å². The van der Waals surface area contributed by atoms with Gasteiger partial charge in [-0.15, -0.1) is 0 Å². The standard InChI is InChI=1S/C13H26N2O/c14-11(9-10-5-2-1-3-6-10)13(16)12-7-4-8-15-12/h10-13,15-16H,1-9,14H2. The second kappa shape index (κ2) is 5.99. The highest BCUT2D eigenvalue weighted by Crippen LogP contribution is 2.28. The summed E-state index contributed by atoms with van der Waals surface area (Å²) in [6, 6.07) is 0.220. The predicted octanol–water partition coefficient (Wildman–Crippen LogP) is 1.40. The van der Waals surface area contributed by atoms with E-state index >= 15 is 0 Å². The molecule has 1 aliphatic heterocycles. The van der Waals surface area contributed by atoms with Gasteiger partial charge in [-0.3, -0.25) is 0 Å². The molecule has 1 saturated carbocycles. The fraction of sp³-hybridized carbons (Fsp3) is 1.00. The van der Waals surface area contributed by atoms with Crippen molar-refractivity contribution in [2.45, 2.75) is 69.6 Å². The Labute approximate surface area is 98.8 Å². The fourth-order valence-electron chi connectivity index (χ4n) is 3.25. The Balaban J connectivity index is 1.74. The number of aliphatic hydroxyl groups is 1. The van der Waals surface area contributed by atoms with Crippen molar-refractivity contribution >= 4 is 0 Å². The zero-order valence-electron chi connectivity index (χ0n) is 10.2. The highest BCUT2D eigenvalue weighted by atomic mass is 16.3. The molecule has 3 heteroatoms. The average molecular weight is 226 g/mol. The minimum atomic E-state index is -0.343. The van der Waals surface area contributed by atoms with Gasteiger partial charge in [-0.05, 0) is 31.7 Å². The van der Waals surface area contributed by atoms with Gasteiger partial charge < -0.3 is 16.2 Å². The molecule has 2 fully saturated rings. The van der Waals surface area contributed by atoms with Gasteiger partial charge in [0, 0.05) is 12.1 Å². The molecule has 2 aliphatic rings. The molecular formula is C13H26N2O. The Morgan fingerprint density at radius 1 is 1.12 bits per heavy atom. The zero-order chi connectivity index (χ0) is 11.4. The van der Waals surface area contributed by atoms with Crippen molar-refractivity contribution in [1.29, 1.82) is 0 Å². The van der Waals surface area contributed by atoms with Gasteiger partial charge in [0.2, 0.25) is 0 Å². The number of aliphatic hydroxyl groups excluding tert-OH is 1. The van der Waals surface area contributed by atoms with Crippen LogP contribution in [0.5, 0.6) is 0 Å². The van der Waals surface area contributed by atoms with Gasteiger partial charge in [0.1, 0.15) is 0 Å². The van der Waals surface area contributed by atoms with Gasteiger partial charge in [-0.1, -0.05) is 32.1 Å². The van der Waals surface area contributed by atoms with Crippen molar-refractivity contribution in [2.24, 2.45) is 11.7 Å². The first-order chi connectivity index (χ1) is 7.77. The number of hydrogen-bond acceptors (Lipinski definition) is 3. The molecule has 4 N–H and O–H groups in total. The van der Waals surface area contributed by atoms with Gasteiger partial charge in [0.15, 0.2) is 0 Å². The first-order valence-electron chi connectivity index (χ1n) is 6.94. The third kappa shape index (κ3) is 3.19. The van der Waals surface area contributed by atoms with Crippen molar-refractivity contribution in [3.8, 4) is 0 Å². The van der Waals surface area contributed by atoms with Crippen LogP contribution >= 0.6 is 0 Å². The van der Waals surface area contributed by atoms with E-state index in [0.717, 1.165) is 25.3 Å². The molecule has 1 aliphatic carbocycles. The Kier molecular flexibility index (Phi) is 4.62. The summed E-state index contributed by atoms with van der Waals surface area (Å²) in [7, 11) is 0. The molecular weight excluding hydrogens is 200 g/mol. The molecule has 3 nitrogen and oxygen atoms in total. The second-order valence-electron chi connectivity index (χ2n) is 5.60. The lowest BCUT2D eigenvalue weighted by molar-refractivity contribution is 0.0944. The van der Waals surface area contributed by atoms with E-state index in [0.29, 0.717) is 0 Å². The van der Waals surface area contributed by atoms with Crippen molar-refractivity contribution in [3.63, 3.8) is 0 Å². The van der Waals surface area contributed by atoms with Gasteiger partial charge >= 0.3 is 0 Å². The summed E-state index contributed by atoms with van der Waals surface area (Å²) in [6.45, 7) is 1.04. The smallest absolute Gasteiger partial charge is 0.0843 e. The van der Waals surface area contributed by atoms with Gasteiger partial charge in [0.05, 0.1) is 6.10 Å². The van der Waals surface area contributed by atoms with Crippen LogP contribution in [0.25, 0.3) is 0 Å².